The SMILES string of the molecule is CN(C/C=C/C(=O)Nc1ccc(C(=O)Nc2cccc(Cc3ncc(Cl)c(-c4c[nH]c5ccccc45)n3)c2)cc1)CCCNC(=O)NCCOCCOCCOCCNC(=O)CCCCC1SCC2CC(=O)NC21. The smallest absolute Gasteiger partial charge is 0.314 e. The summed E-state index contributed by atoms with van der Waals surface area (Å²) >= 11 is 8.49. The molecule has 7 N–H and O–H groups in total. The Bertz CT molecular complexity index is 2670. The zero-order valence-corrected chi connectivity index (χ0v) is 43.4. The van der Waals surface area contributed by atoms with Crippen LogP contribution < -0.4 is 31.9 Å². The Morgan fingerprint density at radius 1 is 0.851 bits per heavy atom. The number of nitrogens with one attached hydrogen (secondary N) is 7. The number of nitrogens with zero attached hydrogens (tertiary/aromatic N) is 3. The number of aromatic nitrogens is 3. The lowest BCUT2D eigenvalue weighted by Crippen LogP contribution is -2.38. The standard InChI is InChI=1S/C54H67ClN10O8S/c1-65(24-8-20-57-54(70)58-22-26-72-28-30-73-29-27-71-25-21-56-48(66)14-5-4-13-46-51-39(36-74-46)33-50(68)64-51)23-7-15-49(67)61-40-18-16-38(17-19-40)53(69)62-41-10-6-9-37(31-41)32-47-60-35-44(55)52(63-47)43-34-59-45-12-3-2-11-42(43)45/h2-3,6-7,9-12,15-19,31,34-35,39,46,51,59H,4-5,8,13-14,20-30,32-33,36H2,1H3,(H,56,66)(H,61,67)(H,62,69)(H,64,68)(H2,57,58,70)/b15-7+. The fourth-order valence-electron chi connectivity index (χ4n) is 8.68. The van der Waals surface area contributed by atoms with E-state index < -0.39 is 0 Å². The predicted octanol–water partition coefficient (Wildman–Crippen LogP) is 6.58. The number of ether oxygens (including phenoxy) is 3. The van der Waals surface area contributed by atoms with Gasteiger partial charge in [-0.2, -0.15) is 11.8 Å². The molecule has 5 aromatic rings. The molecule has 394 valence electrons. The van der Waals surface area contributed by atoms with Crippen LogP contribution in [0.4, 0.5) is 16.2 Å². The van der Waals surface area contributed by atoms with Crippen LogP contribution in [0, 0.1) is 5.92 Å². The van der Waals surface area contributed by atoms with Gasteiger partial charge in [0.05, 0.1) is 50.4 Å². The molecule has 20 heteroatoms. The summed E-state index contributed by atoms with van der Waals surface area (Å²) in [6, 6.07) is 22.2. The monoisotopic (exact) mass is 1050 g/mol. The van der Waals surface area contributed by atoms with Crippen LogP contribution in [-0.4, -0.2) is 146 Å². The van der Waals surface area contributed by atoms with Crippen molar-refractivity contribution in [2.75, 3.05) is 95.8 Å². The Kier molecular flexibility index (Phi) is 22.1. The molecular formula is C54H67ClN10O8S. The van der Waals surface area contributed by atoms with Gasteiger partial charge < -0.3 is 56.0 Å². The van der Waals surface area contributed by atoms with Gasteiger partial charge in [0.1, 0.15) is 5.82 Å². The van der Waals surface area contributed by atoms with Crippen LogP contribution in [-0.2, 0) is 35.0 Å². The number of fused-ring (bicyclic) bond motifs is 2. The Labute approximate surface area is 441 Å². The topological polar surface area (TPSA) is 230 Å². The van der Waals surface area contributed by atoms with E-state index in [0.29, 0.717) is 142 Å². The number of halogens is 1. The molecule has 0 radical (unpaired) electrons. The van der Waals surface area contributed by atoms with E-state index in [4.69, 9.17) is 30.8 Å². The van der Waals surface area contributed by atoms with Gasteiger partial charge >= 0.3 is 6.03 Å². The number of H-pyrrole nitrogens is 1. The van der Waals surface area contributed by atoms with Gasteiger partial charge in [0.2, 0.25) is 17.7 Å². The summed E-state index contributed by atoms with van der Waals surface area (Å²) in [4.78, 5) is 76.2. The number of urea groups is 1. The van der Waals surface area contributed by atoms with Crippen LogP contribution in [0.2, 0.25) is 5.02 Å². The maximum Gasteiger partial charge on any atom is 0.314 e. The molecule has 7 rings (SSSR count). The quantitative estimate of drug-likeness (QED) is 0.0191. The van der Waals surface area contributed by atoms with Crippen LogP contribution in [0.25, 0.3) is 22.2 Å². The van der Waals surface area contributed by atoms with E-state index >= 15 is 0 Å². The number of para-hydroxylation sites is 1. The average Bonchev–Trinajstić information content (AvgIpc) is 4.11. The van der Waals surface area contributed by atoms with E-state index in [0.717, 1.165) is 53.5 Å². The maximum atomic E-state index is 13.2. The highest BCUT2D eigenvalue weighted by molar-refractivity contribution is 8.00. The van der Waals surface area contributed by atoms with Crippen molar-refractivity contribution in [3.05, 3.63) is 119 Å². The van der Waals surface area contributed by atoms with Crippen LogP contribution in [0.3, 0.4) is 0 Å². The lowest BCUT2D eigenvalue weighted by Gasteiger charge is -2.17. The van der Waals surface area contributed by atoms with E-state index in [9.17, 15) is 24.0 Å². The minimum absolute atomic E-state index is 0.0306. The molecule has 2 aliphatic rings. The van der Waals surface area contributed by atoms with Crippen LogP contribution >= 0.6 is 23.4 Å². The molecule has 0 bridgehead atoms. The lowest BCUT2D eigenvalue weighted by molar-refractivity contribution is -0.121. The molecule has 4 heterocycles. The first-order chi connectivity index (χ1) is 36.1. The second kappa shape index (κ2) is 29.5. The second-order valence-electron chi connectivity index (χ2n) is 18.2. The number of hydrogen-bond acceptors (Lipinski definition) is 12. The first-order valence-electron chi connectivity index (χ1n) is 25.2. The van der Waals surface area contributed by atoms with Gasteiger partial charge in [0.15, 0.2) is 0 Å². The van der Waals surface area contributed by atoms with Gasteiger partial charge in [0, 0.05) is 109 Å². The number of aromatic amines is 1. The highest BCUT2D eigenvalue weighted by Gasteiger charge is 2.42. The summed E-state index contributed by atoms with van der Waals surface area (Å²) in [5, 5.41) is 19.3. The average molecular weight is 1050 g/mol. The molecule has 6 amide bonds. The van der Waals surface area contributed by atoms with E-state index in [-0.39, 0.29) is 29.7 Å². The highest BCUT2D eigenvalue weighted by Crippen LogP contribution is 2.39. The highest BCUT2D eigenvalue weighted by atomic mass is 35.5. The van der Waals surface area contributed by atoms with Crippen LogP contribution in [0.1, 0.15) is 60.3 Å². The number of benzene rings is 3. The van der Waals surface area contributed by atoms with E-state index in [1.165, 1.54) is 6.08 Å². The molecule has 0 aliphatic carbocycles. The number of anilines is 2. The molecular weight excluding hydrogens is 984 g/mol. The van der Waals surface area contributed by atoms with Crippen LogP contribution in [0.5, 0.6) is 0 Å². The third-order valence-corrected chi connectivity index (χ3v) is 14.3. The fraction of sp³-hybridized carbons (Fsp3) is 0.426. The van der Waals surface area contributed by atoms with Crippen molar-refractivity contribution in [1.82, 2.24) is 41.1 Å². The molecule has 2 saturated heterocycles. The molecule has 3 unspecified atom stereocenters. The van der Waals surface area contributed by atoms with Crippen LogP contribution in [0.15, 0.2) is 97.3 Å². The number of rotatable bonds is 30. The third kappa shape index (κ3) is 17.9. The van der Waals surface area contributed by atoms with Gasteiger partial charge in [-0.25, -0.2) is 14.8 Å². The number of thioether (sulfide) groups is 1. The summed E-state index contributed by atoms with van der Waals surface area (Å²) in [5.74, 6) is 1.75. The normalized spacial score (nSPS) is 16.1. The number of hydrogen-bond donors (Lipinski definition) is 7. The van der Waals surface area contributed by atoms with Crippen molar-refractivity contribution < 1.29 is 38.2 Å². The third-order valence-electron chi connectivity index (χ3n) is 12.5. The zero-order valence-electron chi connectivity index (χ0n) is 41.8. The van der Waals surface area contributed by atoms with E-state index in [1.807, 2.05) is 78.4 Å². The fourth-order valence-corrected chi connectivity index (χ4v) is 10.5. The first-order valence-corrected chi connectivity index (χ1v) is 26.7. The maximum absolute atomic E-state index is 13.2. The van der Waals surface area contributed by atoms with Crippen molar-refractivity contribution in [1.29, 1.82) is 0 Å². The number of carbonyl (C=O) groups is 5. The number of unbranched alkanes of at least 4 members (excludes halogenated alkanes) is 1. The second-order valence-corrected chi connectivity index (χ2v) is 19.9. The molecule has 2 fully saturated rings. The minimum Gasteiger partial charge on any atom is -0.377 e. The van der Waals surface area contributed by atoms with Crippen molar-refractivity contribution in [2.45, 2.75) is 56.2 Å². The summed E-state index contributed by atoms with van der Waals surface area (Å²) in [5.41, 5.74) is 5.06. The summed E-state index contributed by atoms with van der Waals surface area (Å²) < 4.78 is 16.6. The van der Waals surface area contributed by atoms with Gasteiger partial charge in [-0.15, -0.1) is 0 Å². The summed E-state index contributed by atoms with van der Waals surface area (Å²) in [7, 11) is 1.93. The van der Waals surface area contributed by atoms with Crippen molar-refractivity contribution in [3.63, 3.8) is 0 Å². The lowest BCUT2D eigenvalue weighted by atomic mass is 9.97. The van der Waals surface area contributed by atoms with Crippen molar-refractivity contribution in [2.24, 2.45) is 5.92 Å². The van der Waals surface area contributed by atoms with E-state index in [2.05, 4.69) is 41.9 Å². The first kappa shape index (κ1) is 55.4. The predicted molar refractivity (Wildman–Crippen MR) is 289 cm³/mol. The Morgan fingerprint density at radius 2 is 1.61 bits per heavy atom. The molecule has 3 aromatic carbocycles. The van der Waals surface area contributed by atoms with Gasteiger partial charge in [-0.3, -0.25) is 19.2 Å². The number of likely N-dealkylation sites (N-methyl/N-ethyl adjacent to an activating group) is 1. The molecule has 3 atom stereocenters. The number of amides is 6. The van der Waals surface area contributed by atoms with Gasteiger partial charge in [-0.05, 0) is 92.6 Å². The molecule has 0 spiro atoms. The van der Waals surface area contributed by atoms with Crippen molar-refractivity contribution in [3.8, 4) is 11.3 Å². The Hall–Kier alpha value is -6.35. The van der Waals surface area contributed by atoms with Crippen molar-refractivity contribution >= 4 is 75.3 Å². The number of carbonyl (C=O) groups excluding carboxylic acids is 5. The molecule has 0 saturated carbocycles. The largest absolute Gasteiger partial charge is 0.377 e. The summed E-state index contributed by atoms with van der Waals surface area (Å²) in [6.45, 7) is 4.96. The molecule has 2 aliphatic heterocycles. The summed E-state index contributed by atoms with van der Waals surface area (Å²) in [6.07, 6.45) is 11.9. The van der Waals surface area contributed by atoms with Gasteiger partial charge in [0.25, 0.3) is 5.91 Å². The Balaban J connectivity index is 0.654. The molecule has 18 nitrogen and oxygen atoms in total. The minimum atomic E-state index is -0.293. The molecule has 74 heavy (non-hydrogen) atoms. The molecule has 2 aromatic heterocycles. The van der Waals surface area contributed by atoms with E-state index in [1.54, 1.807) is 36.5 Å². The zero-order chi connectivity index (χ0) is 51.9. The Morgan fingerprint density at radius 3 is 2.42 bits per heavy atom. The van der Waals surface area contributed by atoms with Gasteiger partial charge in [-0.1, -0.05) is 54.4 Å².